The van der Waals surface area contributed by atoms with Crippen molar-refractivity contribution in [1.82, 2.24) is 4.90 Å². The smallest absolute Gasteiger partial charge is 0.124 e. The minimum absolute atomic E-state index is 0.289. The monoisotopic (exact) mass is 254 g/mol. The second-order valence-electron chi connectivity index (χ2n) is 4.56. The maximum Gasteiger partial charge on any atom is 0.124 e. The third-order valence-electron chi connectivity index (χ3n) is 3.22. The largest absolute Gasteiger partial charge is 0.496 e. The first-order valence-corrected chi connectivity index (χ1v) is 6.38. The van der Waals surface area contributed by atoms with E-state index in [2.05, 4.69) is 4.90 Å². The maximum atomic E-state index is 6.23. The summed E-state index contributed by atoms with van der Waals surface area (Å²) in [5, 5.41) is 0.767. The third kappa shape index (κ3) is 3.12. The van der Waals surface area contributed by atoms with Crippen LogP contribution in [0.3, 0.4) is 0 Å². The highest BCUT2D eigenvalue weighted by Crippen LogP contribution is 2.28. The lowest BCUT2D eigenvalue weighted by Gasteiger charge is -2.31. The first-order valence-electron chi connectivity index (χ1n) is 6.00. The second kappa shape index (κ2) is 5.71. The lowest BCUT2D eigenvalue weighted by molar-refractivity contribution is 0.199. The van der Waals surface area contributed by atoms with E-state index >= 15 is 0 Å². The van der Waals surface area contributed by atoms with Gasteiger partial charge in [0.2, 0.25) is 0 Å². The van der Waals surface area contributed by atoms with E-state index in [4.69, 9.17) is 22.1 Å². The summed E-state index contributed by atoms with van der Waals surface area (Å²) in [5.74, 6) is 0.858. The number of halogens is 1. The third-order valence-corrected chi connectivity index (χ3v) is 3.57. The molecule has 1 aliphatic heterocycles. The normalized spacial score (nSPS) is 21.5. The van der Waals surface area contributed by atoms with Gasteiger partial charge in [-0.05, 0) is 31.5 Å². The molecule has 3 nitrogen and oxygen atoms in total. The van der Waals surface area contributed by atoms with Crippen LogP contribution in [0.25, 0.3) is 0 Å². The number of nitrogens with zero attached hydrogens (tertiary/aromatic N) is 1. The first-order chi connectivity index (χ1) is 8.20. The van der Waals surface area contributed by atoms with Crippen molar-refractivity contribution in [3.8, 4) is 5.75 Å². The van der Waals surface area contributed by atoms with Gasteiger partial charge in [-0.2, -0.15) is 0 Å². The molecule has 1 heterocycles. The van der Waals surface area contributed by atoms with Crippen molar-refractivity contribution in [2.24, 2.45) is 5.73 Å². The van der Waals surface area contributed by atoms with Gasteiger partial charge in [0, 0.05) is 29.7 Å². The van der Waals surface area contributed by atoms with Crippen molar-refractivity contribution in [3.63, 3.8) is 0 Å². The quantitative estimate of drug-likeness (QED) is 0.899. The van der Waals surface area contributed by atoms with Gasteiger partial charge in [0.05, 0.1) is 7.11 Å². The van der Waals surface area contributed by atoms with Crippen LogP contribution >= 0.6 is 11.6 Å². The SMILES string of the molecule is COc1cccc(Cl)c1CN1CCCC(N)C1. The Morgan fingerprint density at radius 3 is 3.06 bits per heavy atom. The van der Waals surface area contributed by atoms with Gasteiger partial charge < -0.3 is 10.5 Å². The molecule has 2 N–H and O–H groups in total. The minimum atomic E-state index is 0.289. The molecular weight excluding hydrogens is 236 g/mol. The number of ether oxygens (including phenoxy) is 1. The number of rotatable bonds is 3. The van der Waals surface area contributed by atoms with E-state index in [0.717, 1.165) is 48.8 Å². The zero-order valence-electron chi connectivity index (χ0n) is 10.2. The summed E-state index contributed by atoms with van der Waals surface area (Å²) in [6.07, 6.45) is 2.28. The molecule has 0 radical (unpaired) electrons. The van der Waals surface area contributed by atoms with Gasteiger partial charge in [-0.25, -0.2) is 0 Å². The van der Waals surface area contributed by atoms with Crippen LogP contribution < -0.4 is 10.5 Å². The van der Waals surface area contributed by atoms with Crippen molar-refractivity contribution in [2.75, 3.05) is 20.2 Å². The molecule has 4 heteroatoms. The minimum Gasteiger partial charge on any atom is -0.496 e. The van der Waals surface area contributed by atoms with E-state index in [-0.39, 0.29) is 6.04 Å². The van der Waals surface area contributed by atoms with Crippen molar-refractivity contribution in [3.05, 3.63) is 28.8 Å². The summed E-state index contributed by atoms with van der Waals surface area (Å²) >= 11 is 6.23. The highest BCUT2D eigenvalue weighted by atomic mass is 35.5. The fourth-order valence-electron chi connectivity index (χ4n) is 2.34. The van der Waals surface area contributed by atoms with Crippen molar-refractivity contribution in [1.29, 1.82) is 0 Å². The Labute approximate surface area is 107 Å². The molecule has 0 amide bonds. The average Bonchev–Trinajstić information content (AvgIpc) is 2.32. The van der Waals surface area contributed by atoms with Crippen molar-refractivity contribution < 1.29 is 4.74 Å². The number of hydrogen-bond donors (Lipinski definition) is 1. The van der Waals surface area contributed by atoms with Gasteiger partial charge in [-0.3, -0.25) is 4.90 Å². The van der Waals surface area contributed by atoms with Crippen LogP contribution in [0, 0.1) is 0 Å². The van der Waals surface area contributed by atoms with Gasteiger partial charge in [-0.1, -0.05) is 17.7 Å². The van der Waals surface area contributed by atoms with Crippen molar-refractivity contribution >= 4 is 11.6 Å². The molecule has 1 fully saturated rings. The van der Waals surface area contributed by atoms with Gasteiger partial charge in [0.1, 0.15) is 5.75 Å². The number of methoxy groups -OCH3 is 1. The fourth-order valence-corrected chi connectivity index (χ4v) is 2.57. The van der Waals surface area contributed by atoms with E-state index in [9.17, 15) is 0 Å². The Balaban J connectivity index is 2.12. The van der Waals surface area contributed by atoms with E-state index in [1.807, 2.05) is 18.2 Å². The summed E-state index contributed by atoms with van der Waals surface area (Å²) in [5.41, 5.74) is 7.04. The average molecular weight is 255 g/mol. The lowest BCUT2D eigenvalue weighted by atomic mass is 10.1. The zero-order valence-corrected chi connectivity index (χ0v) is 10.9. The molecule has 94 valence electrons. The number of likely N-dealkylation sites (tertiary alicyclic amines) is 1. The van der Waals surface area contributed by atoms with Gasteiger partial charge in [-0.15, -0.1) is 0 Å². The van der Waals surface area contributed by atoms with E-state index in [1.165, 1.54) is 0 Å². The Morgan fingerprint density at radius 1 is 1.53 bits per heavy atom. The Morgan fingerprint density at radius 2 is 2.35 bits per heavy atom. The maximum absolute atomic E-state index is 6.23. The summed E-state index contributed by atoms with van der Waals surface area (Å²) in [6.45, 7) is 2.84. The zero-order chi connectivity index (χ0) is 12.3. The summed E-state index contributed by atoms with van der Waals surface area (Å²) in [7, 11) is 1.68. The Hall–Kier alpha value is -0.770. The van der Waals surface area contributed by atoms with Crippen LogP contribution in [-0.2, 0) is 6.54 Å². The van der Waals surface area contributed by atoms with Crippen LogP contribution in [0.2, 0.25) is 5.02 Å². The lowest BCUT2D eigenvalue weighted by Crippen LogP contribution is -2.42. The molecule has 0 aromatic heterocycles. The number of nitrogens with two attached hydrogens (primary N) is 1. The topological polar surface area (TPSA) is 38.5 Å². The summed E-state index contributed by atoms with van der Waals surface area (Å²) < 4.78 is 5.35. The number of benzene rings is 1. The molecule has 0 aliphatic carbocycles. The molecule has 1 unspecified atom stereocenters. The van der Waals surface area contributed by atoms with Gasteiger partial charge >= 0.3 is 0 Å². The van der Waals surface area contributed by atoms with Crippen LogP contribution in [0.1, 0.15) is 18.4 Å². The van der Waals surface area contributed by atoms with E-state index in [1.54, 1.807) is 7.11 Å². The molecule has 1 aliphatic rings. The number of piperidine rings is 1. The van der Waals surface area contributed by atoms with Crippen LogP contribution in [0.4, 0.5) is 0 Å². The second-order valence-corrected chi connectivity index (χ2v) is 4.97. The standard InChI is InChI=1S/C13H19ClN2O/c1-17-13-6-2-5-12(14)11(13)9-16-7-3-4-10(15)8-16/h2,5-6,10H,3-4,7-9,15H2,1H3. The predicted molar refractivity (Wildman–Crippen MR) is 70.5 cm³/mol. The fraction of sp³-hybridized carbons (Fsp3) is 0.538. The number of hydrogen-bond acceptors (Lipinski definition) is 3. The summed E-state index contributed by atoms with van der Waals surface area (Å²) in [4.78, 5) is 2.35. The molecule has 1 saturated heterocycles. The molecule has 17 heavy (non-hydrogen) atoms. The molecule has 1 aromatic carbocycles. The Kier molecular flexibility index (Phi) is 4.26. The first kappa shape index (κ1) is 12.7. The predicted octanol–water partition coefficient (Wildman–Crippen LogP) is 2.27. The molecule has 1 aromatic rings. The molecule has 1 atom stereocenters. The highest BCUT2D eigenvalue weighted by Gasteiger charge is 2.19. The molecule has 2 rings (SSSR count). The van der Waals surface area contributed by atoms with Gasteiger partial charge in [0.25, 0.3) is 0 Å². The molecular formula is C13H19ClN2O. The summed E-state index contributed by atoms with van der Waals surface area (Å²) in [6, 6.07) is 6.05. The Bertz CT molecular complexity index is 384. The van der Waals surface area contributed by atoms with Crippen LogP contribution in [0.5, 0.6) is 5.75 Å². The molecule has 0 saturated carbocycles. The van der Waals surface area contributed by atoms with Crippen molar-refractivity contribution in [2.45, 2.75) is 25.4 Å². The van der Waals surface area contributed by atoms with Gasteiger partial charge in [0.15, 0.2) is 0 Å². The van der Waals surface area contributed by atoms with E-state index < -0.39 is 0 Å². The highest BCUT2D eigenvalue weighted by molar-refractivity contribution is 6.31. The molecule has 0 bridgehead atoms. The van der Waals surface area contributed by atoms with Crippen LogP contribution in [-0.4, -0.2) is 31.1 Å². The molecule has 0 spiro atoms. The van der Waals surface area contributed by atoms with E-state index in [0.29, 0.717) is 0 Å². The van der Waals surface area contributed by atoms with Crippen LogP contribution in [0.15, 0.2) is 18.2 Å².